The van der Waals surface area contributed by atoms with Crippen LogP contribution in [0.5, 0.6) is 0 Å². The Bertz CT molecular complexity index is 697. The third-order valence-electron chi connectivity index (χ3n) is 8.20. The van der Waals surface area contributed by atoms with Gasteiger partial charge in [-0.25, -0.2) is 0 Å². The number of aliphatic carboxylic acids is 1. The molecule has 0 amide bonds. The van der Waals surface area contributed by atoms with Crippen LogP contribution in [0.1, 0.15) is 149 Å². The van der Waals surface area contributed by atoms with Gasteiger partial charge in [-0.15, -0.1) is 0 Å². The van der Waals surface area contributed by atoms with Gasteiger partial charge in [0.15, 0.2) is 5.79 Å². The van der Waals surface area contributed by atoms with E-state index < -0.39 is 17.7 Å². The second kappa shape index (κ2) is 33.4. The molecule has 0 aromatic heterocycles. The van der Waals surface area contributed by atoms with E-state index in [2.05, 4.69) is 60.9 Å². The van der Waals surface area contributed by atoms with Crippen molar-refractivity contribution < 1.29 is 28.9 Å². The molecule has 0 saturated carbocycles. The van der Waals surface area contributed by atoms with Crippen LogP contribution in [-0.2, 0) is 23.8 Å². The van der Waals surface area contributed by atoms with Gasteiger partial charge in [0.2, 0.25) is 0 Å². The summed E-state index contributed by atoms with van der Waals surface area (Å²) in [5.74, 6) is 8.52. The molecule has 0 bridgehead atoms. The number of carboxylic acids is 1. The van der Waals surface area contributed by atoms with Gasteiger partial charge in [0.1, 0.15) is 0 Å². The van der Waals surface area contributed by atoms with E-state index in [1.54, 1.807) is 0 Å². The molecule has 0 aromatic carbocycles. The molecule has 10 heteroatoms. The highest BCUT2D eigenvalue weighted by Crippen LogP contribution is 2.35. The fourth-order valence-electron chi connectivity index (χ4n) is 5.57. The van der Waals surface area contributed by atoms with Gasteiger partial charge in [0, 0.05) is 19.3 Å². The SMILES string of the molecule is CCCSCCCSCCCCCCCCC1(CCCCCCCCSCCCSCCC)OCC(CCOC(=O)CCC(=O)O)O1. The molecule has 47 heavy (non-hydrogen) atoms. The zero-order valence-corrected chi connectivity index (χ0v) is 33.4. The number of carbonyl (C=O) groups is 2. The predicted molar refractivity (Wildman–Crippen MR) is 210 cm³/mol. The highest BCUT2D eigenvalue weighted by atomic mass is 32.2. The molecule has 1 atom stereocenters. The monoisotopic (exact) mass is 738 g/mol. The molecule has 1 N–H and O–H groups in total. The van der Waals surface area contributed by atoms with E-state index in [0.717, 1.165) is 25.7 Å². The summed E-state index contributed by atoms with van der Waals surface area (Å²) in [6.07, 6.45) is 22.6. The van der Waals surface area contributed by atoms with Crippen molar-refractivity contribution >= 4 is 59.0 Å². The smallest absolute Gasteiger partial charge is 0.306 e. The lowest BCUT2D eigenvalue weighted by molar-refractivity contribution is -0.181. The number of hydrogen-bond donors (Lipinski definition) is 1. The molecule has 1 aliphatic heterocycles. The Labute approximate surface area is 306 Å². The van der Waals surface area contributed by atoms with E-state index in [4.69, 9.17) is 19.3 Å². The molecule has 0 spiro atoms. The highest BCUT2D eigenvalue weighted by Gasteiger charge is 2.40. The van der Waals surface area contributed by atoms with Gasteiger partial charge < -0.3 is 19.3 Å². The number of ether oxygens (including phenoxy) is 3. The highest BCUT2D eigenvalue weighted by molar-refractivity contribution is 8.00. The zero-order chi connectivity index (χ0) is 34.1. The lowest BCUT2D eigenvalue weighted by atomic mass is 9.99. The molecule has 0 aromatic rings. The van der Waals surface area contributed by atoms with E-state index >= 15 is 0 Å². The van der Waals surface area contributed by atoms with Crippen molar-refractivity contribution in [2.75, 3.05) is 59.2 Å². The summed E-state index contributed by atoms with van der Waals surface area (Å²) in [5, 5.41) is 8.77. The second-order valence-corrected chi connectivity index (χ2v) is 17.7. The summed E-state index contributed by atoms with van der Waals surface area (Å²) in [5.41, 5.74) is 0. The molecule has 1 heterocycles. The molecule has 1 saturated heterocycles. The minimum absolute atomic E-state index is 0.0762. The Hall–Kier alpha value is 0.260. The van der Waals surface area contributed by atoms with Gasteiger partial charge in [-0.2, -0.15) is 47.0 Å². The first-order chi connectivity index (χ1) is 23.0. The van der Waals surface area contributed by atoms with Crippen LogP contribution in [0.3, 0.4) is 0 Å². The Morgan fingerprint density at radius 1 is 0.638 bits per heavy atom. The largest absolute Gasteiger partial charge is 0.481 e. The first kappa shape index (κ1) is 45.3. The fraction of sp³-hybridized carbons (Fsp3) is 0.946. The molecule has 1 aliphatic rings. The molecule has 278 valence electrons. The number of unbranched alkanes of at least 4 members (excludes halogenated alkanes) is 10. The third-order valence-corrected chi connectivity index (χ3v) is 13.1. The van der Waals surface area contributed by atoms with Crippen LogP contribution in [0.4, 0.5) is 0 Å². The Kier molecular flexibility index (Phi) is 32.2. The molecule has 0 aliphatic carbocycles. The van der Waals surface area contributed by atoms with Crippen molar-refractivity contribution in [1.29, 1.82) is 0 Å². The number of carbonyl (C=O) groups excluding carboxylic acids is 1. The quantitative estimate of drug-likeness (QED) is 0.0495. The van der Waals surface area contributed by atoms with Gasteiger partial charge >= 0.3 is 11.9 Å². The maximum Gasteiger partial charge on any atom is 0.306 e. The van der Waals surface area contributed by atoms with Crippen molar-refractivity contribution in [3.05, 3.63) is 0 Å². The van der Waals surface area contributed by atoms with Crippen LogP contribution >= 0.6 is 47.0 Å². The molecule has 6 nitrogen and oxygen atoms in total. The normalized spacial score (nSPS) is 15.7. The maximum absolute atomic E-state index is 11.8. The molecule has 1 unspecified atom stereocenters. The predicted octanol–water partition coefficient (Wildman–Crippen LogP) is 10.9. The van der Waals surface area contributed by atoms with Gasteiger partial charge in [-0.3, -0.25) is 9.59 Å². The third kappa shape index (κ3) is 28.6. The molecule has 1 rings (SSSR count). The second-order valence-electron chi connectivity index (χ2n) is 12.8. The van der Waals surface area contributed by atoms with Crippen molar-refractivity contribution in [3.63, 3.8) is 0 Å². The standard InChI is InChI=1S/C37H70O6S4/c1-3-25-44-29-17-31-46-27-15-11-7-5-9-13-22-37(42-33-34(43-37)21-24-41-36(40)20-19-35(38)39)23-14-10-6-8-12-16-28-47-32-18-30-45-26-4-2/h34H,3-33H2,1-2H3,(H,38,39). The van der Waals surface area contributed by atoms with Crippen molar-refractivity contribution in [1.82, 2.24) is 0 Å². The summed E-state index contributed by atoms with van der Waals surface area (Å²) in [7, 11) is 0. The van der Waals surface area contributed by atoms with E-state index in [1.807, 2.05) is 0 Å². The van der Waals surface area contributed by atoms with Crippen LogP contribution in [0, 0.1) is 0 Å². The molecule has 1 fully saturated rings. The summed E-state index contributed by atoms with van der Waals surface area (Å²) in [6, 6.07) is 0. The molecule has 0 radical (unpaired) electrons. The fourth-order valence-corrected chi connectivity index (χ4v) is 9.54. The summed E-state index contributed by atoms with van der Waals surface area (Å²) < 4.78 is 18.2. The van der Waals surface area contributed by atoms with Gasteiger partial charge in [0.05, 0.1) is 32.2 Å². The van der Waals surface area contributed by atoms with Crippen molar-refractivity contribution in [2.24, 2.45) is 0 Å². The number of hydrogen-bond acceptors (Lipinski definition) is 9. The van der Waals surface area contributed by atoms with Crippen LogP contribution in [0.15, 0.2) is 0 Å². The van der Waals surface area contributed by atoms with Crippen molar-refractivity contribution in [2.45, 2.75) is 161 Å². The summed E-state index contributed by atoms with van der Waals surface area (Å²) in [6.45, 7) is 5.30. The van der Waals surface area contributed by atoms with Gasteiger partial charge in [-0.1, -0.05) is 65.2 Å². The number of esters is 1. The average molecular weight is 739 g/mol. The van der Waals surface area contributed by atoms with Crippen LogP contribution in [-0.4, -0.2) is 88.2 Å². The van der Waals surface area contributed by atoms with E-state index in [-0.39, 0.29) is 25.6 Å². The van der Waals surface area contributed by atoms with E-state index in [9.17, 15) is 9.59 Å². The van der Waals surface area contributed by atoms with Gasteiger partial charge in [-0.05, 0) is 97.4 Å². The summed E-state index contributed by atoms with van der Waals surface area (Å²) in [4.78, 5) is 22.5. The Balaban J connectivity index is 2.24. The number of carboxylic acid groups (broad SMARTS) is 1. The van der Waals surface area contributed by atoms with Crippen LogP contribution in [0.2, 0.25) is 0 Å². The van der Waals surface area contributed by atoms with E-state index in [1.165, 1.54) is 136 Å². The minimum Gasteiger partial charge on any atom is -0.481 e. The number of rotatable bonds is 36. The Morgan fingerprint density at radius 3 is 1.57 bits per heavy atom. The average Bonchev–Trinajstić information content (AvgIpc) is 3.46. The first-order valence-corrected chi connectivity index (χ1v) is 23.6. The van der Waals surface area contributed by atoms with Crippen molar-refractivity contribution in [3.8, 4) is 0 Å². The number of thioether (sulfide) groups is 4. The summed E-state index contributed by atoms with van der Waals surface area (Å²) >= 11 is 8.44. The first-order valence-electron chi connectivity index (χ1n) is 19.0. The molecular formula is C37H70O6S4. The van der Waals surface area contributed by atoms with E-state index in [0.29, 0.717) is 13.0 Å². The topological polar surface area (TPSA) is 82.1 Å². The lowest BCUT2D eigenvalue weighted by Crippen LogP contribution is -2.31. The lowest BCUT2D eigenvalue weighted by Gasteiger charge is -2.28. The van der Waals surface area contributed by atoms with Crippen LogP contribution < -0.4 is 0 Å². The zero-order valence-electron chi connectivity index (χ0n) is 30.1. The molecular weight excluding hydrogens is 669 g/mol. The van der Waals surface area contributed by atoms with Gasteiger partial charge in [0.25, 0.3) is 0 Å². The maximum atomic E-state index is 11.8. The minimum atomic E-state index is -0.983. The Morgan fingerprint density at radius 2 is 1.09 bits per heavy atom. The van der Waals surface area contributed by atoms with Crippen LogP contribution in [0.25, 0.3) is 0 Å².